The molecule has 1 aliphatic heterocycles. The van der Waals surface area contributed by atoms with Crippen molar-refractivity contribution in [3.05, 3.63) is 102 Å². The molecule has 33 heavy (non-hydrogen) atoms. The molecule has 1 saturated heterocycles. The lowest BCUT2D eigenvalue weighted by molar-refractivity contribution is 0.474. The third-order valence-electron chi connectivity index (χ3n) is 6.12. The monoisotopic (exact) mass is 456 g/mol. The fourth-order valence-corrected chi connectivity index (χ4v) is 4.99. The molecule has 7 heteroatoms. The highest BCUT2D eigenvalue weighted by molar-refractivity contribution is 7.80. The highest BCUT2D eigenvalue weighted by atomic mass is 32.1. The largest absolute Gasteiger partial charge is 0.508 e. The van der Waals surface area contributed by atoms with Crippen molar-refractivity contribution in [2.75, 3.05) is 4.90 Å². The van der Waals surface area contributed by atoms with Gasteiger partial charge >= 0.3 is 0 Å². The Labute approximate surface area is 197 Å². The van der Waals surface area contributed by atoms with Crippen molar-refractivity contribution in [2.45, 2.75) is 25.9 Å². The number of hydrogen-bond donors (Lipinski definition) is 3. The number of hydrogen-bond acceptors (Lipinski definition) is 4. The van der Waals surface area contributed by atoms with Crippen LogP contribution in [0.3, 0.4) is 0 Å². The summed E-state index contributed by atoms with van der Waals surface area (Å²) in [6.07, 6.45) is 1.79. The number of rotatable bonds is 4. The van der Waals surface area contributed by atoms with E-state index in [4.69, 9.17) is 12.2 Å². The van der Waals surface area contributed by atoms with Gasteiger partial charge in [-0.05, 0) is 98.4 Å². The van der Waals surface area contributed by atoms with E-state index in [9.17, 15) is 10.2 Å². The van der Waals surface area contributed by atoms with Gasteiger partial charge in [0.05, 0.1) is 17.8 Å². The summed E-state index contributed by atoms with van der Waals surface area (Å²) in [7, 11) is 0. The van der Waals surface area contributed by atoms with Crippen LogP contribution in [-0.2, 0) is 0 Å². The first-order chi connectivity index (χ1) is 15.9. The second-order valence-corrected chi connectivity index (χ2v) is 8.58. The van der Waals surface area contributed by atoms with E-state index >= 15 is 0 Å². The smallest absolute Gasteiger partial charge is 0.174 e. The molecule has 5 rings (SSSR count). The molecule has 1 aliphatic rings. The zero-order chi connectivity index (χ0) is 23.1. The molecule has 4 aromatic rings. The lowest BCUT2D eigenvalue weighted by Gasteiger charge is -2.28. The summed E-state index contributed by atoms with van der Waals surface area (Å²) < 4.78 is 2.18. The predicted molar refractivity (Wildman–Crippen MR) is 133 cm³/mol. The summed E-state index contributed by atoms with van der Waals surface area (Å²) in [5.74, 6) is 0.445. The van der Waals surface area contributed by atoms with E-state index in [1.807, 2.05) is 42.5 Å². The summed E-state index contributed by atoms with van der Waals surface area (Å²) in [5, 5.41) is 23.6. The zero-order valence-corrected chi connectivity index (χ0v) is 19.1. The quantitative estimate of drug-likeness (QED) is 0.372. The van der Waals surface area contributed by atoms with Crippen LogP contribution in [0.2, 0.25) is 0 Å². The van der Waals surface area contributed by atoms with Crippen molar-refractivity contribution in [3.63, 3.8) is 0 Å². The van der Waals surface area contributed by atoms with Crippen LogP contribution in [0.15, 0.2) is 79.0 Å². The number of pyridine rings is 1. The average molecular weight is 457 g/mol. The maximum absolute atomic E-state index is 9.81. The molecule has 0 unspecified atom stereocenters. The molecule has 0 aliphatic carbocycles. The molecule has 6 nitrogen and oxygen atoms in total. The minimum Gasteiger partial charge on any atom is -0.508 e. The Morgan fingerprint density at radius 1 is 0.879 bits per heavy atom. The Bertz CT molecular complexity index is 1300. The van der Waals surface area contributed by atoms with Crippen molar-refractivity contribution < 1.29 is 10.2 Å². The molecular formula is C26H24N4O2S. The lowest BCUT2D eigenvalue weighted by Crippen LogP contribution is -2.29. The van der Waals surface area contributed by atoms with Crippen LogP contribution in [-0.4, -0.2) is 24.9 Å². The summed E-state index contributed by atoms with van der Waals surface area (Å²) in [6, 6.07) is 22.1. The Morgan fingerprint density at radius 3 is 2.12 bits per heavy atom. The van der Waals surface area contributed by atoms with E-state index in [1.165, 1.54) is 0 Å². The number of aryl methyl sites for hydroxylation is 1. The third-order valence-corrected chi connectivity index (χ3v) is 6.44. The highest BCUT2D eigenvalue weighted by Gasteiger charge is 2.42. The molecule has 2 atom stereocenters. The number of phenolic OH excluding ortho intramolecular Hbond substituents is 2. The van der Waals surface area contributed by atoms with Gasteiger partial charge in [0.25, 0.3) is 0 Å². The molecule has 0 saturated carbocycles. The Kier molecular flexibility index (Phi) is 5.26. The molecule has 0 radical (unpaired) electrons. The van der Waals surface area contributed by atoms with Gasteiger partial charge in [-0.15, -0.1) is 0 Å². The standard InChI is InChI=1S/C26H24N4O2S/c1-16-15-22(17(2)29(16)18-6-10-20(31)11-7-18)25-24(23-5-3-4-14-27-23)28-26(33)30(25)19-8-12-21(32)13-9-19/h3-15,24-25,31-32H,1-2H3,(H,28,33)/t24-,25-/m0/s1. The number of anilines is 1. The third kappa shape index (κ3) is 3.70. The van der Waals surface area contributed by atoms with E-state index in [0.29, 0.717) is 5.11 Å². The van der Waals surface area contributed by atoms with Crippen molar-refractivity contribution >= 4 is 23.0 Å². The maximum atomic E-state index is 9.81. The summed E-state index contributed by atoms with van der Waals surface area (Å²) in [6.45, 7) is 4.17. The molecule has 2 aromatic carbocycles. The fourth-order valence-electron chi connectivity index (χ4n) is 4.65. The van der Waals surface area contributed by atoms with Gasteiger partial charge in [0.1, 0.15) is 11.5 Å². The van der Waals surface area contributed by atoms with Gasteiger partial charge in [0.15, 0.2) is 5.11 Å². The minimum atomic E-state index is -0.152. The van der Waals surface area contributed by atoms with Gasteiger partial charge < -0.3 is 25.0 Å². The number of nitrogens with zero attached hydrogens (tertiary/aromatic N) is 3. The normalized spacial score (nSPS) is 17.9. The average Bonchev–Trinajstić information content (AvgIpc) is 3.31. The van der Waals surface area contributed by atoms with Crippen LogP contribution in [0.25, 0.3) is 5.69 Å². The van der Waals surface area contributed by atoms with Crippen molar-refractivity contribution in [3.8, 4) is 17.2 Å². The van der Waals surface area contributed by atoms with Crippen LogP contribution < -0.4 is 10.2 Å². The molecule has 3 N–H and O–H groups in total. The van der Waals surface area contributed by atoms with E-state index in [-0.39, 0.29) is 23.6 Å². The van der Waals surface area contributed by atoms with Crippen LogP contribution >= 0.6 is 12.2 Å². The number of aromatic nitrogens is 2. The first-order valence-electron chi connectivity index (χ1n) is 10.7. The second kappa shape index (κ2) is 8.26. The SMILES string of the molecule is Cc1cc([C@H]2[C@H](c3ccccn3)NC(=S)N2c2ccc(O)cc2)c(C)n1-c1ccc(O)cc1. The van der Waals surface area contributed by atoms with Gasteiger partial charge in [-0.3, -0.25) is 4.98 Å². The molecule has 3 heterocycles. The zero-order valence-electron chi connectivity index (χ0n) is 18.3. The molecule has 0 bridgehead atoms. The molecule has 0 amide bonds. The molecular weight excluding hydrogens is 432 g/mol. The number of benzene rings is 2. The molecule has 2 aromatic heterocycles. The van der Waals surface area contributed by atoms with Crippen LogP contribution in [0, 0.1) is 13.8 Å². The number of aromatic hydroxyl groups is 2. The van der Waals surface area contributed by atoms with Gasteiger partial charge in [-0.1, -0.05) is 6.07 Å². The summed E-state index contributed by atoms with van der Waals surface area (Å²) in [5.41, 5.74) is 6.06. The van der Waals surface area contributed by atoms with E-state index in [0.717, 1.165) is 34.0 Å². The fraction of sp³-hybridized carbons (Fsp3) is 0.154. The first-order valence-corrected chi connectivity index (χ1v) is 11.1. The Balaban J connectivity index is 1.67. The van der Waals surface area contributed by atoms with Gasteiger partial charge in [0.2, 0.25) is 0 Å². The van der Waals surface area contributed by atoms with E-state index < -0.39 is 0 Å². The van der Waals surface area contributed by atoms with Crippen molar-refractivity contribution in [1.29, 1.82) is 0 Å². The summed E-state index contributed by atoms with van der Waals surface area (Å²) in [4.78, 5) is 6.71. The van der Waals surface area contributed by atoms with E-state index in [2.05, 4.69) is 39.7 Å². The predicted octanol–water partition coefficient (Wildman–Crippen LogP) is 5.08. The second-order valence-electron chi connectivity index (χ2n) is 8.19. The number of thiocarbonyl (C=S) groups is 1. The van der Waals surface area contributed by atoms with Gasteiger partial charge in [-0.25, -0.2) is 0 Å². The molecule has 0 spiro atoms. The topological polar surface area (TPSA) is 73.5 Å². The van der Waals surface area contributed by atoms with Crippen molar-refractivity contribution in [1.82, 2.24) is 14.9 Å². The minimum absolute atomic E-state index is 0.144. The van der Waals surface area contributed by atoms with Crippen molar-refractivity contribution in [2.24, 2.45) is 0 Å². The number of phenols is 2. The first kappa shape index (κ1) is 21.0. The van der Waals surface area contributed by atoms with Crippen LogP contribution in [0.5, 0.6) is 11.5 Å². The van der Waals surface area contributed by atoms with Gasteiger partial charge in [0, 0.05) is 29.0 Å². The Hall–Kier alpha value is -3.84. The highest BCUT2D eigenvalue weighted by Crippen LogP contribution is 2.44. The number of nitrogens with one attached hydrogen (secondary N) is 1. The maximum Gasteiger partial charge on any atom is 0.174 e. The van der Waals surface area contributed by atoms with E-state index in [1.54, 1.807) is 30.5 Å². The van der Waals surface area contributed by atoms with Crippen LogP contribution in [0.1, 0.15) is 34.7 Å². The molecule has 1 fully saturated rings. The van der Waals surface area contributed by atoms with Gasteiger partial charge in [-0.2, -0.15) is 0 Å². The molecule has 166 valence electrons. The lowest BCUT2D eigenvalue weighted by atomic mass is 9.96. The Morgan fingerprint density at radius 2 is 1.52 bits per heavy atom. The van der Waals surface area contributed by atoms with Crippen LogP contribution in [0.4, 0.5) is 5.69 Å². The summed E-state index contributed by atoms with van der Waals surface area (Å²) >= 11 is 5.79.